The van der Waals surface area contributed by atoms with Gasteiger partial charge in [0.05, 0.1) is 26.2 Å². The lowest BCUT2D eigenvalue weighted by molar-refractivity contribution is -0.939. The summed E-state index contributed by atoms with van der Waals surface area (Å²) in [5.74, 6) is 1.57. The maximum absolute atomic E-state index is 2.40. The molecule has 0 aromatic rings. The van der Waals surface area contributed by atoms with E-state index in [1.807, 2.05) is 0 Å². The summed E-state index contributed by atoms with van der Waals surface area (Å²) in [7, 11) is 4.75. The predicted octanol–water partition coefficient (Wildman–Crippen LogP) is 3.54. The summed E-state index contributed by atoms with van der Waals surface area (Å²) in [4.78, 5) is 0. The molecule has 0 rings (SSSR count). The number of rotatable bonds is 5. The van der Waals surface area contributed by atoms with Crippen LogP contribution in [0, 0.1) is 11.8 Å². The van der Waals surface area contributed by atoms with Gasteiger partial charge in [0.25, 0.3) is 0 Å². The number of hydrogen-bond donors (Lipinski definition) is 0. The van der Waals surface area contributed by atoms with Crippen LogP contribution in [0.1, 0.15) is 48.0 Å². The SMILES string of the molecule is CCC(C)[N+](C)(C)C(C)C(C)C(C)C. The van der Waals surface area contributed by atoms with Crippen molar-refractivity contribution in [3.63, 3.8) is 0 Å². The molecule has 0 spiro atoms. The van der Waals surface area contributed by atoms with Crippen LogP contribution in [0.2, 0.25) is 0 Å². The van der Waals surface area contributed by atoms with Crippen molar-refractivity contribution in [1.29, 1.82) is 0 Å². The Bertz CT molecular complexity index is 161. The molecular formula is C13H30N+. The van der Waals surface area contributed by atoms with Crippen LogP contribution in [0.25, 0.3) is 0 Å². The number of quaternary nitrogens is 1. The van der Waals surface area contributed by atoms with E-state index in [4.69, 9.17) is 0 Å². The molecule has 86 valence electrons. The Balaban J connectivity index is 4.56. The van der Waals surface area contributed by atoms with Crippen LogP contribution >= 0.6 is 0 Å². The minimum absolute atomic E-state index is 0.741. The van der Waals surface area contributed by atoms with Gasteiger partial charge in [0, 0.05) is 5.92 Å². The Kier molecular flexibility index (Phi) is 5.14. The summed E-state index contributed by atoms with van der Waals surface area (Å²) in [5.41, 5.74) is 0. The van der Waals surface area contributed by atoms with E-state index in [0.717, 1.165) is 28.4 Å². The number of hydrogen-bond acceptors (Lipinski definition) is 0. The molecule has 14 heavy (non-hydrogen) atoms. The summed E-state index contributed by atoms with van der Waals surface area (Å²) >= 11 is 0. The highest BCUT2D eigenvalue weighted by Crippen LogP contribution is 2.25. The lowest BCUT2D eigenvalue weighted by Gasteiger charge is -2.44. The van der Waals surface area contributed by atoms with Gasteiger partial charge in [-0.1, -0.05) is 27.7 Å². The van der Waals surface area contributed by atoms with E-state index in [9.17, 15) is 0 Å². The zero-order chi connectivity index (χ0) is 11.5. The van der Waals surface area contributed by atoms with Crippen molar-refractivity contribution in [2.45, 2.75) is 60.0 Å². The molecule has 0 saturated heterocycles. The summed E-state index contributed by atoms with van der Waals surface area (Å²) in [5, 5.41) is 0. The van der Waals surface area contributed by atoms with Crippen LogP contribution in [0.3, 0.4) is 0 Å². The van der Waals surface area contributed by atoms with Crippen molar-refractivity contribution in [3.05, 3.63) is 0 Å². The van der Waals surface area contributed by atoms with Crippen LogP contribution in [0.5, 0.6) is 0 Å². The molecule has 0 aliphatic rings. The second kappa shape index (κ2) is 5.16. The van der Waals surface area contributed by atoms with E-state index in [2.05, 4.69) is 55.6 Å². The van der Waals surface area contributed by atoms with Crippen molar-refractivity contribution in [2.75, 3.05) is 14.1 Å². The van der Waals surface area contributed by atoms with E-state index in [0.29, 0.717) is 0 Å². The highest BCUT2D eigenvalue weighted by molar-refractivity contribution is 4.67. The molecule has 3 atom stereocenters. The van der Waals surface area contributed by atoms with Gasteiger partial charge in [0.2, 0.25) is 0 Å². The monoisotopic (exact) mass is 200 g/mol. The molecule has 0 amide bonds. The first kappa shape index (κ1) is 14.0. The quantitative estimate of drug-likeness (QED) is 0.595. The molecule has 0 N–H and O–H groups in total. The molecule has 3 unspecified atom stereocenters. The van der Waals surface area contributed by atoms with E-state index >= 15 is 0 Å². The molecule has 0 heterocycles. The van der Waals surface area contributed by atoms with Gasteiger partial charge >= 0.3 is 0 Å². The normalized spacial score (nSPS) is 19.5. The smallest absolute Gasteiger partial charge is 0.0887 e. The van der Waals surface area contributed by atoms with Crippen molar-refractivity contribution < 1.29 is 4.48 Å². The van der Waals surface area contributed by atoms with Crippen LogP contribution in [-0.2, 0) is 0 Å². The van der Waals surface area contributed by atoms with Gasteiger partial charge in [-0.3, -0.25) is 0 Å². The topological polar surface area (TPSA) is 0 Å². The lowest BCUT2D eigenvalue weighted by Crippen LogP contribution is -2.56. The first-order chi connectivity index (χ1) is 6.25. The van der Waals surface area contributed by atoms with Gasteiger partial charge in [-0.2, -0.15) is 0 Å². The standard InChI is InChI=1S/C13H30N/c1-9-11(4)14(7,8)13(6)12(5)10(2)3/h10-13H,9H2,1-8H3/q+1. The van der Waals surface area contributed by atoms with E-state index in [-0.39, 0.29) is 0 Å². The van der Waals surface area contributed by atoms with Gasteiger partial charge in [0.15, 0.2) is 0 Å². The highest BCUT2D eigenvalue weighted by atomic mass is 15.4. The van der Waals surface area contributed by atoms with Crippen molar-refractivity contribution in [1.82, 2.24) is 0 Å². The van der Waals surface area contributed by atoms with Crippen LogP contribution in [-0.4, -0.2) is 30.7 Å². The van der Waals surface area contributed by atoms with E-state index in [1.165, 1.54) is 6.42 Å². The molecule has 0 radical (unpaired) electrons. The zero-order valence-electron chi connectivity index (χ0n) is 11.5. The van der Waals surface area contributed by atoms with Crippen LogP contribution < -0.4 is 0 Å². The van der Waals surface area contributed by atoms with E-state index < -0.39 is 0 Å². The molecule has 0 aromatic carbocycles. The minimum Gasteiger partial charge on any atom is -0.324 e. The van der Waals surface area contributed by atoms with Gasteiger partial charge in [-0.25, -0.2) is 0 Å². The first-order valence-electron chi connectivity index (χ1n) is 6.08. The fourth-order valence-electron chi connectivity index (χ4n) is 2.04. The molecule has 0 saturated carbocycles. The fraction of sp³-hybridized carbons (Fsp3) is 1.00. The van der Waals surface area contributed by atoms with Gasteiger partial charge in [-0.15, -0.1) is 0 Å². The van der Waals surface area contributed by atoms with Crippen LogP contribution in [0.15, 0.2) is 0 Å². The molecule has 0 fully saturated rings. The van der Waals surface area contributed by atoms with Gasteiger partial charge in [-0.05, 0) is 26.2 Å². The third-order valence-corrected chi connectivity index (χ3v) is 4.59. The molecular weight excluding hydrogens is 170 g/mol. The van der Waals surface area contributed by atoms with Crippen LogP contribution in [0.4, 0.5) is 0 Å². The molecule has 0 aliphatic heterocycles. The average molecular weight is 200 g/mol. The Morgan fingerprint density at radius 3 is 1.64 bits per heavy atom. The lowest BCUT2D eigenvalue weighted by atomic mass is 9.88. The molecule has 1 heteroatoms. The van der Waals surface area contributed by atoms with Crippen molar-refractivity contribution >= 4 is 0 Å². The minimum atomic E-state index is 0.741. The zero-order valence-corrected chi connectivity index (χ0v) is 11.5. The highest BCUT2D eigenvalue weighted by Gasteiger charge is 2.34. The fourth-order valence-corrected chi connectivity index (χ4v) is 2.04. The molecule has 1 nitrogen and oxygen atoms in total. The molecule has 0 bridgehead atoms. The van der Waals surface area contributed by atoms with Crippen molar-refractivity contribution in [3.8, 4) is 0 Å². The van der Waals surface area contributed by atoms with Crippen molar-refractivity contribution in [2.24, 2.45) is 11.8 Å². The first-order valence-corrected chi connectivity index (χ1v) is 6.08. The Labute approximate surface area is 91.1 Å². The molecule has 0 aliphatic carbocycles. The predicted molar refractivity (Wildman–Crippen MR) is 65.3 cm³/mol. The average Bonchev–Trinajstić information content (AvgIpc) is 2.13. The Hall–Kier alpha value is -0.0400. The molecule has 0 aromatic heterocycles. The Morgan fingerprint density at radius 2 is 1.36 bits per heavy atom. The van der Waals surface area contributed by atoms with E-state index in [1.54, 1.807) is 0 Å². The summed E-state index contributed by atoms with van der Waals surface area (Å²) in [6.07, 6.45) is 1.27. The van der Waals surface area contributed by atoms with Gasteiger partial charge in [0.1, 0.15) is 0 Å². The summed E-state index contributed by atoms with van der Waals surface area (Å²) in [6, 6.07) is 1.50. The second-order valence-electron chi connectivity index (χ2n) is 5.73. The second-order valence-corrected chi connectivity index (χ2v) is 5.73. The third kappa shape index (κ3) is 2.98. The summed E-state index contributed by atoms with van der Waals surface area (Å²) in [6.45, 7) is 14.1. The van der Waals surface area contributed by atoms with Gasteiger partial charge < -0.3 is 4.48 Å². The summed E-state index contributed by atoms with van der Waals surface area (Å²) < 4.78 is 1.15. The Morgan fingerprint density at radius 1 is 0.929 bits per heavy atom. The number of nitrogens with zero attached hydrogens (tertiary/aromatic N) is 1. The largest absolute Gasteiger partial charge is 0.324 e. The maximum atomic E-state index is 2.40. The third-order valence-electron chi connectivity index (χ3n) is 4.59. The maximum Gasteiger partial charge on any atom is 0.0887 e.